The first-order valence-corrected chi connectivity index (χ1v) is 6.84. The van der Waals surface area contributed by atoms with Crippen molar-refractivity contribution in [3.05, 3.63) is 41.4 Å². The SMILES string of the molecule is CNC(C)c1ccc(Sc2cccs2)nc1. The van der Waals surface area contributed by atoms with Gasteiger partial charge in [0.25, 0.3) is 0 Å². The lowest BCUT2D eigenvalue weighted by Gasteiger charge is -2.09. The zero-order chi connectivity index (χ0) is 11.4. The van der Waals surface area contributed by atoms with E-state index in [1.165, 1.54) is 9.77 Å². The van der Waals surface area contributed by atoms with Crippen LogP contribution in [0.25, 0.3) is 0 Å². The highest BCUT2D eigenvalue weighted by Gasteiger charge is 2.04. The van der Waals surface area contributed by atoms with Crippen LogP contribution < -0.4 is 5.32 Å². The molecule has 1 unspecified atom stereocenters. The van der Waals surface area contributed by atoms with E-state index in [1.54, 1.807) is 23.1 Å². The van der Waals surface area contributed by atoms with Crippen LogP contribution in [0.2, 0.25) is 0 Å². The molecule has 0 saturated carbocycles. The summed E-state index contributed by atoms with van der Waals surface area (Å²) in [5.41, 5.74) is 1.22. The summed E-state index contributed by atoms with van der Waals surface area (Å²) in [6.07, 6.45) is 1.94. The molecule has 16 heavy (non-hydrogen) atoms. The van der Waals surface area contributed by atoms with Gasteiger partial charge in [0.1, 0.15) is 5.03 Å². The van der Waals surface area contributed by atoms with Gasteiger partial charge in [-0.15, -0.1) is 11.3 Å². The molecule has 1 atom stereocenters. The van der Waals surface area contributed by atoms with Crippen LogP contribution in [0.3, 0.4) is 0 Å². The van der Waals surface area contributed by atoms with E-state index in [0.717, 1.165) is 5.03 Å². The topological polar surface area (TPSA) is 24.9 Å². The molecule has 0 radical (unpaired) electrons. The predicted octanol–water partition coefficient (Wildman–Crippen LogP) is 3.57. The van der Waals surface area contributed by atoms with E-state index in [1.807, 2.05) is 13.2 Å². The smallest absolute Gasteiger partial charge is 0.101 e. The largest absolute Gasteiger partial charge is 0.313 e. The van der Waals surface area contributed by atoms with Crippen molar-refractivity contribution in [3.63, 3.8) is 0 Å². The Morgan fingerprint density at radius 1 is 1.38 bits per heavy atom. The Kier molecular flexibility index (Phi) is 3.98. The third-order valence-electron chi connectivity index (χ3n) is 2.39. The molecule has 2 rings (SSSR count). The molecular weight excluding hydrogens is 236 g/mol. The van der Waals surface area contributed by atoms with Crippen molar-refractivity contribution in [2.75, 3.05) is 7.05 Å². The van der Waals surface area contributed by atoms with Crippen LogP contribution in [0.15, 0.2) is 45.1 Å². The van der Waals surface area contributed by atoms with Crippen molar-refractivity contribution in [2.45, 2.75) is 22.2 Å². The number of nitrogens with one attached hydrogen (secondary N) is 1. The molecular formula is C12H14N2S2. The number of thiophene rings is 1. The monoisotopic (exact) mass is 250 g/mol. The Balaban J connectivity index is 2.07. The van der Waals surface area contributed by atoms with Gasteiger partial charge in [-0.2, -0.15) is 0 Å². The van der Waals surface area contributed by atoms with Crippen molar-refractivity contribution in [1.29, 1.82) is 0 Å². The Morgan fingerprint density at radius 2 is 2.25 bits per heavy atom. The second-order valence-electron chi connectivity index (χ2n) is 3.47. The fourth-order valence-corrected chi connectivity index (χ4v) is 2.96. The zero-order valence-electron chi connectivity index (χ0n) is 9.31. The molecule has 0 amide bonds. The molecule has 2 aromatic heterocycles. The normalized spacial score (nSPS) is 12.6. The van der Waals surface area contributed by atoms with E-state index in [0.29, 0.717) is 6.04 Å². The van der Waals surface area contributed by atoms with Crippen molar-refractivity contribution < 1.29 is 0 Å². The molecule has 0 aliphatic carbocycles. The molecule has 2 heterocycles. The van der Waals surface area contributed by atoms with Crippen molar-refractivity contribution in [3.8, 4) is 0 Å². The Labute approximate surface area is 104 Å². The molecule has 0 bridgehead atoms. The zero-order valence-corrected chi connectivity index (χ0v) is 10.9. The van der Waals surface area contributed by atoms with Crippen LogP contribution in [0.5, 0.6) is 0 Å². The third-order valence-corrected chi connectivity index (χ3v) is 4.38. The summed E-state index contributed by atoms with van der Waals surface area (Å²) in [5, 5.41) is 6.34. The van der Waals surface area contributed by atoms with E-state index in [2.05, 4.69) is 46.9 Å². The minimum atomic E-state index is 0.355. The number of pyridine rings is 1. The summed E-state index contributed by atoms with van der Waals surface area (Å²) in [5.74, 6) is 0. The minimum absolute atomic E-state index is 0.355. The van der Waals surface area contributed by atoms with Gasteiger partial charge in [0.05, 0.1) is 4.21 Å². The van der Waals surface area contributed by atoms with Crippen LogP contribution in [0.4, 0.5) is 0 Å². The van der Waals surface area contributed by atoms with E-state index in [-0.39, 0.29) is 0 Å². The first kappa shape index (κ1) is 11.6. The summed E-state index contributed by atoms with van der Waals surface area (Å²) in [6, 6.07) is 8.73. The van der Waals surface area contributed by atoms with Gasteiger partial charge in [-0.25, -0.2) is 4.98 Å². The van der Waals surface area contributed by atoms with Crippen molar-refractivity contribution in [1.82, 2.24) is 10.3 Å². The fraction of sp³-hybridized carbons (Fsp3) is 0.250. The molecule has 0 fully saturated rings. The van der Waals surface area contributed by atoms with Gasteiger partial charge in [0.15, 0.2) is 0 Å². The van der Waals surface area contributed by atoms with Gasteiger partial charge in [0.2, 0.25) is 0 Å². The Morgan fingerprint density at radius 3 is 2.81 bits per heavy atom. The van der Waals surface area contributed by atoms with Crippen LogP contribution in [0.1, 0.15) is 18.5 Å². The molecule has 0 aliphatic rings. The summed E-state index contributed by atoms with van der Waals surface area (Å²) in [6.45, 7) is 2.13. The number of aromatic nitrogens is 1. The molecule has 0 saturated heterocycles. The lowest BCUT2D eigenvalue weighted by Crippen LogP contribution is -2.12. The maximum atomic E-state index is 4.45. The Bertz CT molecular complexity index is 423. The molecule has 0 spiro atoms. The first-order valence-electron chi connectivity index (χ1n) is 5.14. The van der Waals surface area contributed by atoms with Crippen LogP contribution in [0, 0.1) is 0 Å². The number of hydrogen-bond acceptors (Lipinski definition) is 4. The van der Waals surface area contributed by atoms with E-state index in [9.17, 15) is 0 Å². The molecule has 0 aromatic carbocycles. The Hall–Kier alpha value is -0.840. The number of hydrogen-bond donors (Lipinski definition) is 1. The molecule has 2 nitrogen and oxygen atoms in total. The van der Waals surface area contributed by atoms with E-state index >= 15 is 0 Å². The van der Waals surface area contributed by atoms with Gasteiger partial charge in [-0.05, 0) is 37.0 Å². The standard InChI is InChI=1S/C12H14N2S2/c1-9(13-2)10-5-6-11(14-8-10)16-12-4-3-7-15-12/h3-9,13H,1-2H3. The van der Waals surface area contributed by atoms with Crippen molar-refractivity contribution in [2.24, 2.45) is 0 Å². The highest BCUT2D eigenvalue weighted by molar-refractivity contribution is 8.01. The quantitative estimate of drug-likeness (QED) is 0.898. The molecule has 1 N–H and O–H groups in total. The van der Waals surface area contributed by atoms with Crippen LogP contribution in [-0.2, 0) is 0 Å². The molecule has 2 aromatic rings. The summed E-state index contributed by atoms with van der Waals surface area (Å²) in [7, 11) is 1.96. The number of rotatable bonds is 4. The number of nitrogens with zero attached hydrogens (tertiary/aromatic N) is 1. The highest BCUT2D eigenvalue weighted by atomic mass is 32.2. The minimum Gasteiger partial charge on any atom is -0.313 e. The molecule has 4 heteroatoms. The maximum absolute atomic E-state index is 4.45. The lowest BCUT2D eigenvalue weighted by atomic mass is 10.1. The van der Waals surface area contributed by atoms with E-state index < -0.39 is 0 Å². The average Bonchev–Trinajstić information content (AvgIpc) is 2.82. The van der Waals surface area contributed by atoms with E-state index in [4.69, 9.17) is 0 Å². The average molecular weight is 250 g/mol. The van der Waals surface area contributed by atoms with Crippen LogP contribution in [-0.4, -0.2) is 12.0 Å². The predicted molar refractivity (Wildman–Crippen MR) is 70.2 cm³/mol. The second-order valence-corrected chi connectivity index (χ2v) is 5.74. The maximum Gasteiger partial charge on any atom is 0.101 e. The van der Waals surface area contributed by atoms with Crippen molar-refractivity contribution >= 4 is 23.1 Å². The van der Waals surface area contributed by atoms with Gasteiger partial charge in [-0.3, -0.25) is 0 Å². The summed E-state index contributed by atoms with van der Waals surface area (Å²) in [4.78, 5) is 4.45. The van der Waals surface area contributed by atoms with Gasteiger partial charge in [-0.1, -0.05) is 23.9 Å². The molecule has 0 aliphatic heterocycles. The van der Waals surface area contributed by atoms with Crippen LogP contribution >= 0.6 is 23.1 Å². The second kappa shape index (κ2) is 5.48. The highest BCUT2D eigenvalue weighted by Crippen LogP contribution is 2.30. The summed E-state index contributed by atoms with van der Waals surface area (Å²) < 4.78 is 1.28. The van der Waals surface area contributed by atoms with Gasteiger partial charge in [0, 0.05) is 12.2 Å². The van der Waals surface area contributed by atoms with Gasteiger partial charge >= 0.3 is 0 Å². The first-order chi connectivity index (χ1) is 7.79. The third kappa shape index (κ3) is 2.84. The van der Waals surface area contributed by atoms with Gasteiger partial charge < -0.3 is 5.32 Å². The summed E-state index contributed by atoms with van der Waals surface area (Å²) >= 11 is 3.45. The fourth-order valence-electron chi connectivity index (χ4n) is 1.30. The lowest BCUT2D eigenvalue weighted by molar-refractivity contribution is 0.648. The molecule has 84 valence electrons.